The summed E-state index contributed by atoms with van der Waals surface area (Å²) < 4.78 is 31.8. The number of furan rings is 1. The zero-order valence-electron chi connectivity index (χ0n) is 16.3. The first-order valence-electron chi connectivity index (χ1n) is 9.49. The molecule has 1 saturated heterocycles. The summed E-state index contributed by atoms with van der Waals surface area (Å²) in [7, 11) is -1.44. The summed E-state index contributed by atoms with van der Waals surface area (Å²) in [5.41, 5.74) is 6.08. The Kier molecular flexibility index (Phi) is 5.11. The number of ether oxygens (including phenoxy) is 2. The van der Waals surface area contributed by atoms with E-state index in [4.69, 9.17) is 13.9 Å². The third-order valence-corrected chi connectivity index (χ3v) is 5.33. The van der Waals surface area contributed by atoms with E-state index in [1.54, 1.807) is 6.07 Å². The van der Waals surface area contributed by atoms with Gasteiger partial charge in [-0.25, -0.2) is 4.39 Å². The van der Waals surface area contributed by atoms with E-state index in [0.717, 1.165) is 17.4 Å². The average Bonchev–Trinajstić information content (AvgIpc) is 3.09. The third-order valence-electron chi connectivity index (χ3n) is 4.46. The van der Waals surface area contributed by atoms with Crippen LogP contribution in [-0.4, -0.2) is 21.3 Å². The van der Waals surface area contributed by atoms with E-state index in [-0.39, 0.29) is 5.82 Å². The molecule has 0 atom stereocenters. The molecule has 0 saturated carbocycles. The molecule has 1 aromatic heterocycles. The Morgan fingerprint density at radius 3 is 2.50 bits per heavy atom. The van der Waals surface area contributed by atoms with E-state index in [2.05, 4.69) is 31.1 Å². The maximum Gasteiger partial charge on any atom is 0.183 e. The van der Waals surface area contributed by atoms with Crippen molar-refractivity contribution in [2.75, 3.05) is 13.2 Å². The molecule has 0 radical (unpaired) electrons. The molecule has 1 aliphatic rings. The molecule has 5 heteroatoms. The number of fused-ring (bicyclic) bond motifs is 1. The van der Waals surface area contributed by atoms with Gasteiger partial charge in [0, 0.05) is 16.5 Å². The van der Waals surface area contributed by atoms with Crippen molar-refractivity contribution in [3.05, 3.63) is 59.4 Å². The van der Waals surface area contributed by atoms with Gasteiger partial charge in [-0.05, 0) is 42.8 Å². The Morgan fingerprint density at radius 2 is 1.79 bits per heavy atom. The Hall–Kier alpha value is -2.39. The lowest BCUT2D eigenvalue weighted by Crippen LogP contribution is -2.17. The van der Waals surface area contributed by atoms with Gasteiger partial charge in [-0.3, -0.25) is 0 Å². The van der Waals surface area contributed by atoms with Gasteiger partial charge in [-0.15, -0.1) is 5.54 Å². The highest BCUT2D eigenvalue weighted by Crippen LogP contribution is 2.32. The van der Waals surface area contributed by atoms with Crippen LogP contribution in [0.5, 0.6) is 0 Å². The normalized spacial score (nSPS) is 15.4. The summed E-state index contributed by atoms with van der Waals surface area (Å²) in [5, 5.41) is 0.927. The molecule has 0 spiro atoms. The van der Waals surface area contributed by atoms with E-state index in [9.17, 15) is 4.39 Å². The van der Waals surface area contributed by atoms with Gasteiger partial charge in [0.05, 0.1) is 18.8 Å². The van der Waals surface area contributed by atoms with Crippen molar-refractivity contribution in [1.82, 2.24) is 0 Å². The lowest BCUT2D eigenvalue weighted by atomic mass is 10.1. The molecule has 1 fully saturated rings. The summed E-state index contributed by atoms with van der Waals surface area (Å²) in [5.74, 6) is 3.38. The van der Waals surface area contributed by atoms with E-state index in [1.165, 1.54) is 6.07 Å². The highest BCUT2D eigenvalue weighted by molar-refractivity contribution is 6.83. The Morgan fingerprint density at radius 1 is 1.00 bits per heavy atom. The Labute approximate surface area is 165 Å². The van der Waals surface area contributed by atoms with Gasteiger partial charge in [0.1, 0.15) is 25.2 Å². The highest BCUT2D eigenvalue weighted by atomic mass is 28.3. The van der Waals surface area contributed by atoms with E-state index < -0.39 is 14.4 Å². The van der Waals surface area contributed by atoms with E-state index >= 15 is 0 Å². The SMILES string of the molecule is C[Si](C)(C)C#Cc1ccc2cc(-c3ccc(C4OCCCO4)cc3F)oc2c1. The number of rotatable bonds is 2. The molecule has 3 nitrogen and oxygen atoms in total. The van der Waals surface area contributed by atoms with Crippen LogP contribution in [-0.2, 0) is 9.47 Å². The van der Waals surface area contributed by atoms with Crippen molar-refractivity contribution in [2.24, 2.45) is 0 Å². The highest BCUT2D eigenvalue weighted by Gasteiger charge is 2.19. The quantitative estimate of drug-likeness (QED) is 0.400. The molecular weight excluding hydrogens is 371 g/mol. The van der Waals surface area contributed by atoms with Gasteiger partial charge in [-0.1, -0.05) is 31.6 Å². The van der Waals surface area contributed by atoms with Gasteiger partial charge in [0.25, 0.3) is 0 Å². The largest absolute Gasteiger partial charge is 0.456 e. The van der Waals surface area contributed by atoms with Crippen LogP contribution < -0.4 is 0 Å². The predicted octanol–water partition coefficient (Wildman–Crippen LogP) is 5.90. The molecular formula is C23H23FO3Si. The minimum absolute atomic E-state index is 0.354. The van der Waals surface area contributed by atoms with Crippen LogP contribution in [0.4, 0.5) is 4.39 Å². The van der Waals surface area contributed by atoms with Crippen molar-refractivity contribution in [1.29, 1.82) is 0 Å². The lowest BCUT2D eigenvalue weighted by molar-refractivity contribution is -0.183. The predicted molar refractivity (Wildman–Crippen MR) is 111 cm³/mol. The number of halogens is 1. The first-order chi connectivity index (χ1) is 13.4. The van der Waals surface area contributed by atoms with Gasteiger partial charge >= 0.3 is 0 Å². The first kappa shape index (κ1) is 18.9. The lowest BCUT2D eigenvalue weighted by Gasteiger charge is -2.23. The van der Waals surface area contributed by atoms with Crippen LogP contribution in [0, 0.1) is 17.3 Å². The molecule has 2 heterocycles. The number of hydrogen-bond acceptors (Lipinski definition) is 3. The fourth-order valence-corrected chi connectivity index (χ4v) is 3.58. The molecule has 0 bridgehead atoms. The molecule has 4 rings (SSSR count). The molecule has 3 aromatic rings. The number of benzene rings is 2. The Balaban J connectivity index is 1.64. The molecule has 0 N–H and O–H groups in total. The first-order valence-corrected chi connectivity index (χ1v) is 13.0. The zero-order valence-corrected chi connectivity index (χ0v) is 17.3. The van der Waals surface area contributed by atoms with Crippen molar-refractivity contribution in [2.45, 2.75) is 32.4 Å². The molecule has 0 amide bonds. The summed E-state index contributed by atoms with van der Waals surface area (Å²) in [4.78, 5) is 0. The van der Waals surface area contributed by atoms with Crippen molar-refractivity contribution < 1.29 is 18.3 Å². The minimum Gasteiger partial charge on any atom is -0.456 e. The van der Waals surface area contributed by atoms with Crippen molar-refractivity contribution in [3.63, 3.8) is 0 Å². The summed E-state index contributed by atoms with van der Waals surface area (Å²) in [6.45, 7) is 7.87. The monoisotopic (exact) mass is 394 g/mol. The second-order valence-corrected chi connectivity index (χ2v) is 12.8. The second kappa shape index (κ2) is 7.55. The maximum atomic E-state index is 14.8. The average molecular weight is 395 g/mol. The fraction of sp³-hybridized carbons (Fsp3) is 0.304. The molecule has 28 heavy (non-hydrogen) atoms. The van der Waals surface area contributed by atoms with E-state index in [0.29, 0.717) is 35.7 Å². The van der Waals surface area contributed by atoms with Crippen molar-refractivity contribution >= 4 is 19.0 Å². The van der Waals surface area contributed by atoms with Crippen LogP contribution >= 0.6 is 0 Å². The Bertz CT molecular complexity index is 1060. The van der Waals surface area contributed by atoms with Crippen molar-refractivity contribution in [3.8, 4) is 22.8 Å². The number of hydrogen-bond donors (Lipinski definition) is 0. The standard InChI is InChI=1S/C23H23FO3Si/c1-28(2,3)12-9-16-5-6-17-15-22(27-21(17)13-16)19-8-7-18(14-20(19)24)23-25-10-4-11-26-23/h5-8,13-15,23H,4,10-11H2,1-3H3. The fourth-order valence-electron chi connectivity index (χ4n) is 3.06. The molecule has 0 unspecified atom stereocenters. The van der Waals surface area contributed by atoms with Crippen LogP contribution in [0.1, 0.15) is 23.8 Å². The van der Waals surface area contributed by atoms with Gasteiger partial charge in [-0.2, -0.15) is 0 Å². The second-order valence-electron chi connectivity index (χ2n) is 8.03. The molecule has 1 aliphatic heterocycles. The van der Waals surface area contributed by atoms with Gasteiger partial charge in [0.15, 0.2) is 6.29 Å². The summed E-state index contributed by atoms with van der Waals surface area (Å²) >= 11 is 0. The van der Waals surface area contributed by atoms with Crippen LogP contribution in [0.2, 0.25) is 19.6 Å². The maximum absolute atomic E-state index is 14.8. The van der Waals surface area contributed by atoms with Crippen LogP contribution in [0.3, 0.4) is 0 Å². The topological polar surface area (TPSA) is 31.6 Å². The molecule has 0 aliphatic carbocycles. The van der Waals surface area contributed by atoms with Gasteiger partial charge < -0.3 is 13.9 Å². The minimum atomic E-state index is -1.44. The van der Waals surface area contributed by atoms with E-state index in [1.807, 2.05) is 30.3 Å². The summed E-state index contributed by atoms with van der Waals surface area (Å²) in [6.07, 6.45) is 0.362. The summed E-state index contributed by atoms with van der Waals surface area (Å²) in [6, 6.07) is 12.7. The smallest absolute Gasteiger partial charge is 0.183 e. The van der Waals surface area contributed by atoms with Crippen LogP contribution in [0.15, 0.2) is 46.9 Å². The molecule has 2 aromatic carbocycles. The van der Waals surface area contributed by atoms with Gasteiger partial charge in [0.2, 0.25) is 0 Å². The van der Waals surface area contributed by atoms with Crippen LogP contribution in [0.25, 0.3) is 22.3 Å². The third kappa shape index (κ3) is 4.20. The zero-order chi connectivity index (χ0) is 19.7. The molecule has 144 valence electrons.